The number of ether oxygens (including phenoxy) is 1. The quantitative estimate of drug-likeness (QED) is 0.701. The highest BCUT2D eigenvalue weighted by atomic mass is 16.5. The van der Waals surface area contributed by atoms with Gasteiger partial charge in [-0.1, -0.05) is 0 Å². The van der Waals surface area contributed by atoms with Crippen LogP contribution in [-0.2, 0) is 7.05 Å². The van der Waals surface area contributed by atoms with E-state index in [0.717, 1.165) is 28.5 Å². The molecule has 2 aromatic rings. The number of rotatable bonds is 2. The zero-order valence-corrected chi connectivity index (χ0v) is 9.07. The first-order valence-electron chi connectivity index (χ1n) is 4.76. The van der Waals surface area contributed by atoms with Crippen molar-refractivity contribution < 1.29 is 9.53 Å². The van der Waals surface area contributed by atoms with E-state index in [0.29, 0.717) is 5.69 Å². The second-order valence-corrected chi connectivity index (χ2v) is 3.63. The van der Waals surface area contributed by atoms with Gasteiger partial charge in [-0.3, -0.25) is 4.79 Å². The molecule has 3 heteroatoms. The van der Waals surface area contributed by atoms with Gasteiger partial charge in [-0.05, 0) is 24.6 Å². The minimum atomic E-state index is 0.678. The number of hydrogen-bond donors (Lipinski definition) is 0. The fourth-order valence-corrected chi connectivity index (χ4v) is 1.83. The van der Waals surface area contributed by atoms with E-state index in [4.69, 9.17) is 4.74 Å². The van der Waals surface area contributed by atoms with Gasteiger partial charge in [0, 0.05) is 18.5 Å². The van der Waals surface area contributed by atoms with Gasteiger partial charge in [0.15, 0.2) is 6.29 Å². The van der Waals surface area contributed by atoms with Crippen LogP contribution in [0.25, 0.3) is 10.9 Å². The molecule has 0 radical (unpaired) electrons. The first-order chi connectivity index (χ1) is 7.17. The van der Waals surface area contributed by atoms with Crippen LogP contribution in [0.3, 0.4) is 0 Å². The lowest BCUT2D eigenvalue weighted by atomic mass is 10.1. The third kappa shape index (κ3) is 1.40. The Hall–Kier alpha value is -1.77. The van der Waals surface area contributed by atoms with Crippen LogP contribution >= 0.6 is 0 Å². The van der Waals surface area contributed by atoms with Crippen LogP contribution in [0.5, 0.6) is 5.75 Å². The van der Waals surface area contributed by atoms with Crippen molar-refractivity contribution >= 4 is 17.2 Å². The van der Waals surface area contributed by atoms with Crippen LogP contribution in [0.1, 0.15) is 16.1 Å². The molecule has 2 rings (SSSR count). The van der Waals surface area contributed by atoms with Gasteiger partial charge in [-0.2, -0.15) is 0 Å². The van der Waals surface area contributed by atoms with Crippen LogP contribution in [0.4, 0.5) is 0 Å². The molecular weight excluding hydrogens is 190 g/mol. The number of fused-ring (bicyclic) bond motifs is 1. The van der Waals surface area contributed by atoms with E-state index >= 15 is 0 Å². The number of carbonyl (C=O) groups is 1. The van der Waals surface area contributed by atoms with E-state index in [-0.39, 0.29) is 0 Å². The standard InChI is InChI=1S/C12H13NO2/c1-8-4-9-5-10(7-14)13(2)11(9)6-12(8)15-3/h4-7H,1-3H3. The molecule has 0 aliphatic carbocycles. The van der Waals surface area contributed by atoms with Gasteiger partial charge in [0.2, 0.25) is 0 Å². The van der Waals surface area contributed by atoms with Gasteiger partial charge in [0.25, 0.3) is 0 Å². The summed E-state index contributed by atoms with van der Waals surface area (Å²) >= 11 is 0. The fourth-order valence-electron chi connectivity index (χ4n) is 1.83. The van der Waals surface area contributed by atoms with Crippen LogP contribution in [0.15, 0.2) is 18.2 Å². The normalized spacial score (nSPS) is 10.6. The summed E-state index contributed by atoms with van der Waals surface area (Å²) in [7, 11) is 3.53. The lowest BCUT2D eigenvalue weighted by Gasteiger charge is -2.05. The highest BCUT2D eigenvalue weighted by Crippen LogP contribution is 2.26. The number of aryl methyl sites for hydroxylation is 2. The van der Waals surface area contributed by atoms with Crippen molar-refractivity contribution in [3.05, 3.63) is 29.5 Å². The second-order valence-electron chi connectivity index (χ2n) is 3.63. The van der Waals surface area contributed by atoms with E-state index in [1.165, 1.54) is 0 Å². The molecule has 0 N–H and O–H groups in total. The van der Waals surface area contributed by atoms with Crippen LogP contribution in [-0.4, -0.2) is 18.0 Å². The molecule has 1 aromatic heterocycles. The lowest BCUT2D eigenvalue weighted by Crippen LogP contribution is -1.94. The van der Waals surface area contributed by atoms with Gasteiger partial charge >= 0.3 is 0 Å². The maximum atomic E-state index is 10.8. The summed E-state index contributed by atoms with van der Waals surface area (Å²) < 4.78 is 7.11. The first kappa shape index (κ1) is 9.77. The predicted molar refractivity (Wildman–Crippen MR) is 59.6 cm³/mol. The third-order valence-electron chi connectivity index (χ3n) is 2.72. The number of methoxy groups -OCH3 is 1. The van der Waals surface area contributed by atoms with Crippen molar-refractivity contribution in [3.8, 4) is 5.75 Å². The molecule has 0 atom stereocenters. The molecule has 0 spiro atoms. The molecule has 0 aliphatic heterocycles. The number of hydrogen-bond acceptors (Lipinski definition) is 2. The molecule has 1 aromatic carbocycles. The first-order valence-corrected chi connectivity index (χ1v) is 4.76. The Bertz CT molecular complexity index is 526. The van der Waals surface area contributed by atoms with E-state index in [9.17, 15) is 4.79 Å². The molecule has 0 bridgehead atoms. The summed E-state index contributed by atoms with van der Waals surface area (Å²) in [6.07, 6.45) is 0.863. The zero-order chi connectivity index (χ0) is 11.0. The second kappa shape index (κ2) is 3.42. The summed E-state index contributed by atoms with van der Waals surface area (Å²) in [6, 6.07) is 5.87. The molecule has 0 fully saturated rings. The Morgan fingerprint density at radius 1 is 1.33 bits per heavy atom. The van der Waals surface area contributed by atoms with Crippen LogP contribution in [0.2, 0.25) is 0 Å². The molecule has 0 unspecified atom stereocenters. The van der Waals surface area contributed by atoms with Crippen molar-refractivity contribution in [3.63, 3.8) is 0 Å². The van der Waals surface area contributed by atoms with Crippen LogP contribution in [0, 0.1) is 6.92 Å². The molecule has 78 valence electrons. The van der Waals surface area contributed by atoms with Crippen molar-refractivity contribution in [1.29, 1.82) is 0 Å². The van der Waals surface area contributed by atoms with Crippen molar-refractivity contribution in [1.82, 2.24) is 4.57 Å². The molecule has 0 saturated carbocycles. The lowest BCUT2D eigenvalue weighted by molar-refractivity contribution is 0.111. The Balaban J connectivity index is 2.79. The Kier molecular flexibility index (Phi) is 2.23. The number of benzene rings is 1. The van der Waals surface area contributed by atoms with E-state index < -0.39 is 0 Å². The molecule has 0 aliphatic rings. The van der Waals surface area contributed by atoms with E-state index in [1.54, 1.807) is 7.11 Å². The van der Waals surface area contributed by atoms with E-state index in [1.807, 2.05) is 36.7 Å². The predicted octanol–water partition coefficient (Wildman–Crippen LogP) is 2.31. The van der Waals surface area contributed by atoms with Crippen molar-refractivity contribution in [2.45, 2.75) is 6.92 Å². The molecule has 1 heterocycles. The average Bonchev–Trinajstić information content (AvgIpc) is 2.54. The maximum Gasteiger partial charge on any atom is 0.166 e. The van der Waals surface area contributed by atoms with Gasteiger partial charge in [-0.15, -0.1) is 0 Å². The highest BCUT2D eigenvalue weighted by Gasteiger charge is 2.08. The molecule has 0 saturated heterocycles. The van der Waals surface area contributed by atoms with E-state index in [2.05, 4.69) is 0 Å². The fraction of sp³-hybridized carbons (Fsp3) is 0.250. The minimum Gasteiger partial charge on any atom is -0.496 e. The van der Waals surface area contributed by atoms with Crippen molar-refractivity contribution in [2.75, 3.05) is 7.11 Å². The monoisotopic (exact) mass is 203 g/mol. The highest BCUT2D eigenvalue weighted by molar-refractivity contribution is 5.90. The molecule has 3 nitrogen and oxygen atoms in total. The third-order valence-corrected chi connectivity index (χ3v) is 2.72. The number of carbonyl (C=O) groups excluding carboxylic acids is 1. The molecule has 0 amide bonds. The van der Waals surface area contributed by atoms with Gasteiger partial charge in [0.05, 0.1) is 18.3 Å². The smallest absolute Gasteiger partial charge is 0.166 e. The summed E-state index contributed by atoms with van der Waals surface area (Å²) in [5, 5.41) is 1.07. The SMILES string of the molecule is COc1cc2c(cc1C)cc(C=O)n2C. The number of aromatic nitrogens is 1. The molecule has 15 heavy (non-hydrogen) atoms. The Labute approximate surface area is 88.3 Å². The number of aldehydes is 1. The summed E-state index contributed by atoms with van der Waals surface area (Å²) in [5.41, 5.74) is 2.77. The topological polar surface area (TPSA) is 31.2 Å². The number of nitrogens with zero attached hydrogens (tertiary/aromatic N) is 1. The average molecular weight is 203 g/mol. The van der Waals surface area contributed by atoms with Crippen LogP contribution < -0.4 is 4.74 Å². The summed E-state index contributed by atoms with van der Waals surface area (Å²) in [4.78, 5) is 10.8. The van der Waals surface area contributed by atoms with Gasteiger partial charge in [0.1, 0.15) is 5.75 Å². The maximum absolute atomic E-state index is 10.8. The Morgan fingerprint density at radius 3 is 2.67 bits per heavy atom. The van der Waals surface area contributed by atoms with Gasteiger partial charge < -0.3 is 9.30 Å². The Morgan fingerprint density at radius 2 is 2.07 bits per heavy atom. The van der Waals surface area contributed by atoms with Crippen molar-refractivity contribution in [2.24, 2.45) is 7.05 Å². The van der Waals surface area contributed by atoms with Gasteiger partial charge in [-0.25, -0.2) is 0 Å². The summed E-state index contributed by atoms with van der Waals surface area (Å²) in [6.45, 7) is 1.99. The molecular formula is C12H13NO2. The zero-order valence-electron chi connectivity index (χ0n) is 9.07. The minimum absolute atomic E-state index is 0.678. The summed E-state index contributed by atoms with van der Waals surface area (Å²) in [5.74, 6) is 0.848. The largest absolute Gasteiger partial charge is 0.496 e.